The summed E-state index contributed by atoms with van der Waals surface area (Å²) in [6.07, 6.45) is 5.00. The van der Waals surface area contributed by atoms with Crippen LogP contribution in [0.1, 0.15) is 13.3 Å². The van der Waals surface area contributed by atoms with E-state index in [1.165, 1.54) is 6.08 Å². The molecular formula is C8H10ClF. The third kappa shape index (κ3) is 1.60. The van der Waals surface area contributed by atoms with E-state index in [4.69, 9.17) is 11.6 Å². The molecule has 1 aliphatic rings. The molecule has 0 saturated carbocycles. The third-order valence-electron chi connectivity index (χ3n) is 1.58. The number of rotatable bonds is 1. The van der Waals surface area contributed by atoms with E-state index in [2.05, 4.69) is 0 Å². The van der Waals surface area contributed by atoms with Crippen LogP contribution in [0.2, 0.25) is 0 Å². The van der Waals surface area contributed by atoms with Crippen LogP contribution in [0.15, 0.2) is 23.8 Å². The highest BCUT2D eigenvalue weighted by Gasteiger charge is 2.16. The first-order valence-electron chi connectivity index (χ1n) is 3.41. The highest BCUT2D eigenvalue weighted by Crippen LogP contribution is 2.20. The summed E-state index contributed by atoms with van der Waals surface area (Å²) in [5, 5.41) is -0.458. The molecule has 0 saturated heterocycles. The maximum atomic E-state index is 12.6. The van der Waals surface area contributed by atoms with Gasteiger partial charge >= 0.3 is 0 Å². The molecule has 0 aromatic rings. The second-order valence-electron chi connectivity index (χ2n) is 2.34. The van der Waals surface area contributed by atoms with Gasteiger partial charge in [0, 0.05) is 0 Å². The van der Waals surface area contributed by atoms with E-state index in [1.807, 2.05) is 6.92 Å². The van der Waals surface area contributed by atoms with E-state index >= 15 is 0 Å². The summed E-state index contributed by atoms with van der Waals surface area (Å²) in [4.78, 5) is 0. The topological polar surface area (TPSA) is 0 Å². The van der Waals surface area contributed by atoms with Gasteiger partial charge in [-0.15, -0.1) is 11.6 Å². The van der Waals surface area contributed by atoms with Crippen LogP contribution in [-0.2, 0) is 0 Å². The molecular weight excluding hydrogens is 151 g/mol. The Morgan fingerprint density at radius 2 is 2.40 bits per heavy atom. The van der Waals surface area contributed by atoms with Gasteiger partial charge < -0.3 is 0 Å². The molecule has 0 spiro atoms. The zero-order chi connectivity index (χ0) is 7.56. The molecule has 10 heavy (non-hydrogen) atoms. The van der Waals surface area contributed by atoms with Crippen molar-refractivity contribution in [3.05, 3.63) is 23.8 Å². The Kier molecular flexibility index (Phi) is 2.50. The number of alkyl halides is 2. The van der Waals surface area contributed by atoms with Gasteiger partial charge in [0.25, 0.3) is 0 Å². The van der Waals surface area contributed by atoms with Crippen molar-refractivity contribution >= 4 is 11.6 Å². The second kappa shape index (κ2) is 3.20. The highest BCUT2D eigenvalue weighted by atomic mass is 35.5. The summed E-state index contributed by atoms with van der Waals surface area (Å²) < 4.78 is 12.6. The molecule has 2 heteroatoms. The average molecular weight is 161 g/mol. The second-order valence-corrected chi connectivity index (χ2v) is 2.85. The Bertz CT molecular complexity index is 172. The molecule has 2 atom stereocenters. The van der Waals surface area contributed by atoms with E-state index < -0.39 is 11.5 Å². The highest BCUT2D eigenvalue weighted by molar-refractivity contribution is 6.22. The van der Waals surface area contributed by atoms with Gasteiger partial charge in [-0.05, 0) is 12.5 Å². The van der Waals surface area contributed by atoms with E-state index in [-0.39, 0.29) is 0 Å². The molecule has 2 unspecified atom stereocenters. The first-order chi connectivity index (χ1) is 4.74. The quantitative estimate of drug-likeness (QED) is 0.518. The fraction of sp³-hybridized carbons (Fsp3) is 0.500. The standard InChI is InChI=1S/C8H10ClF/c1-2-6-3-4-8(10)7(9)5-6/h3-5,7-8H,2H2,1H3. The van der Waals surface area contributed by atoms with Gasteiger partial charge in [-0.3, -0.25) is 0 Å². The van der Waals surface area contributed by atoms with Gasteiger partial charge in [-0.2, -0.15) is 0 Å². The van der Waals surface area contributed by atoms with Crippen molar-refractivity contribution in [1.82, 2.24) is 0 Å². The Morgan fingerprint density at radius 3 is 2.90 bits per heavy atom. The molecule has 0 amide bonds. The molecule has 0 heterocycles. The first kappa shape index (κ1) is 7.80. The predicted octanol–water partition coefficient (Wildman–Crippen LogP) is 2.84. The van der Waals surface area contributed by atoms with Crippen molar-refractivity contribution in [2.45, 2.75) is 24.9 Å². The molecule has 0 aliphatic heterocycles. The summed E-state index contributed by atoms with van der Waals surface area (Å²) in [5.41, 5.74) is 1.12. The molecule has 0 aromatic carbocycles. The fourth-order valence-electron chi connectivity index (χ4n) is 0.909. The number of allylic oxidation sites excluding steroid dienone is 4. The van der Waals surface area contributed by atoms with Crippen molar-refractivity contribution in [3.8, 4) is 0 Å². The minimum Gasteiger partial charge on any atom is -0.241 e. The zero-order valence-corrected chi connectivity index (χ0v) is 6.61. The number of halogens is 2. The largest absolute Gasteiger partial charge is 0.241 e. The van der Waals surface area contributed by atoms with E-state index in [1.54, 1.807) is 12.2 Å². The fourth-order valence-corrected chi connectivity index (χ4v) is 1.16. The molecule has 0 nitrogen and oxygen atoms in total. The van der Waals surface area contributed by atoms with Gasteiger partial charge in [0.15, 0.2) is 0 Å². The molecule has 1 aliphatic carbocycles. The first-order valence-corrected chi connectivity index (χ1v) is 3.84. The molecule has 56 valence electrons. The third-order valence-corrected chi connectivity index (χ3v) is 1.95. The summed E-state index contributed by atoms with van der Waals surface area (Å²) in [6, 6.07) is 0. The van der Waals surface area contributed by atoms with Crippen LogP contribution in [0.25, 0.3) is 0 Å². The maximum absolute atomic E-state index is 12.6. The van der Waals surface area contributed by atoms with Crippen molar-refractivity contribution in [2.75, 3.05) is 0 Å². The molecule has 1 rings (SSSR count). The SMILES string of the molecule is CCC1=CC(Cl)C(F)C=C1. The van der Waals surface area contributed by atoms with Crippen LogP contribution >= 0.6 is 11.6 Å². The van der Waals surface area contributed by atoms with Gasteiger partial charge in [-0.1, -0.05) is 24.6 Å². The summed E-state index contributed by atoms with van der Waals surface area (Å²) in [6.45, 7) is 2.03. The number of hydrogen-bond acceptors (Lipinski definition) is 0. The van der Waals surface area contributed by atoms with Gasteiger partial charge in [0.1, 0.15) is 6.17 Å². The van der Waals surface area contributed by atoms with E-state index in [0.717, 1.165) is 12.0 Å². The Hall–Kier alpha value is -0.300. The predicted molar refractivity (Wildman–Crippen MR) is 42.1 cm³/mol. The van der Waals surface area contributed by atoms with Crippen LogP contribution in [-0.4, -0.2) is 11.5 Å². The zero-order valence-electron chi connectivity index (χ0n) is 5.85. The van der Waals surface area contributed by atoms with Crippen molar-refractivity contribution < 1.29 is 4.39 Å². The molecule has 0 aromatic heterocycles. The van der Waals surface area contributed by atoms with Gasteiger partial charge in [0.05, 0.1) is 5.38 Å². The Morgan fingerprint density at radius 1 is 1.70 bits per heavy atom. The smallest absolute Gasteiger partial charge is 0.138 e. The Labute approximate surface area is 65.4 Å². The summed E-state index contributed by atoms with van der Waals surface area (Å²) in [7, 11) is 0. The summed E-state index contributed by atoms with van der Waals surface area (Å²) >= 11 is 5.64. The molecule has 0 bridgehead atoms. The van der Waals surface area contributed by atoms with Crippen molar-refractivity contribution in [1.29, 1.82) is 0 Å². The van der Waals surface area contributed by atoms with Crippen LogP contribution < -0.4 is 0 Å². The molecule has 0 fully saturated rings. The summed E-state index contributed by atoms with van der Waals surface area (Å²) in [5.74, 6) is 0. The Balaban J connectivity index is 2.66. The lowest BCUT2D eigenvalue weighted by atomic mass is 10.0. The minimum atomic E-state index is -1.00. The lowest BCUT2D eigenvalue weighted by Gasteiger charge is -2.13. The number of hydrogen-bond donors (Lipinski definition) is 0. The maximum Gasteiger partial charge on any atom is 0.138 e. The van der Waals surface area contributed by atoms with E-state index in [9.17, 15) is 4.39 Å². The molecule has 0 radical (unpaired) electrons. The minimum absolute atomic E-state index is 0.458. The average Bonchev–Trinajstić information content (AvgIpc) is 1.95. The van der Waals surface area contributed by atoms with Crippen LogP contribution in [0.3, 0.4) is 0 Å². The van der Waals surface area contributed by atoms with Crippen molar-refractivity contribution in [3.63, 3.8) is 0 Å². The van der Waals surface area contributed by atoms with Crippen LogP contribution in [0.4, 0.5) is 4.39 Å². The lowest BCUT2D eigenvalue weighted by Crippen LogP contribution is -2.14. The van der Waals surface area contributed by atoms with Crippen LogP contribution in [0.5, 0.6) is 0 Å². The monoisotopic (exact) mass is 160 g/mol. The molecule has 0 N–H and O–H groups in total. The van der Waals surface area contributed by atoms with E-state index in [0.29, 0.717) is 0 Å². The normalized spacial score (nSPS) is 32.1. The van der Waals surface area contributed by atoms with Crippen LogP contribution in [0, 0.1) is 0 Å². The van der Waals surface area contributed by atoms with Gasteiger partial charge in [-0.25, -0.2) is 4.39 Å². The van der Waals surface area contributed by atoms with Gasteiger partial charge in [0.2, 0.25) is 0 Å². The lowest BCUT2D eigenvalue weighted by molar-refractivity contribution is 0.404. The van der Waals surface area contributed by atoms with Crippen molar-refractivity contribution in [2.24, 2.45) is 0 Å².